The molecule has 0 amide bonds. The van der Waals surface area contributed by atoms with Gasteiger partial charge in [-0.3, -0.25) is 4.31 Å². The molecule has 4 nitrogen and oxygen atoms in total. The van der Waals surface area contributed by atoms with Gasteiger partial charge in [-0.25, -0.2) is 8.42 Å². The minimum atomic E-state index is -3.22. The largest absolute Gasteiger partial charge is 0.313 e. The Balaban J connectivity index is 2.00. The second-order valence-corrected chi connectivity index (χ2v) is 6.56. The van der Waals surface area contributed by atoms with Crippen LogP contribution in [0.15, 0.2) is 30.3 Å². The van der Waals surface area contributed by atoms with Gasteiger partial charge in [-0.15, -0.1) is 0 Å². The van der Waals surface area contributed by atoms with Crippen LogP contribution in [0.2, 0.25) is 0 Å². The first-order chi connectivity index (χ1) is 8.63. The lowest BCUT2D eigenvalue weighted by Crippen LogP contribution is -2.36. The highest BCUT2D eigenvalue weighted by Gasteiger charge is 2.24. The Morgan fingerprint density at radius 3 is 2.50 bits per heavy atom. The monoisotopic (exact) mass is 268 g/mol. The summed E-state index contributed by atoms with van der Waals surface area (Å²) in [4.78, 5) is 0. The highest BCUT2D eigenvalue weighted by Crippen LogP contribution is 2.19. The lowest BCUT2D eigenvalue weighted by molar-refractivity contribution is 0.586. The fourth-order valence-electron chi connectivity index (χ4n) is 1.92. The first-order valence-electron chi connectivity index (χ1n) is 6.42. The number of hydrogen-bond donors (Lipinski definition) is 1. The van der Waals surface area contributed by atoms with Crippen LogP contribution >= 0.6 is 0 Å². The van der Waals surface area contributed by atoms with Gasteiger partial charge in [-0.05, 0) is 31.9 Å². The van der Waals surface area contributed by atoms with Crippen molar-refractivity contribution in [2.45, 2.75) is 25.8 Å². The van der Waals surface area contributed by atoms with Crippen molar-refractivity contribution in [1.29, 1.82) is 0 Å². The molecule has 0 heterocycles. The molecule has 1 aromatic carbocycles. The maximum absolute atomic E-state index is 12.3. The molecule has 0 saturated heterocycles. The zero-order valence-electron chi connectivity index (χ0n) is 10.7. The Morgan fingerprint density at radius 2 is 1.94 bits per heavy atom. The molecule has 1 aliphatic rings. The Labute approximate surface area is 109 Å². The van der Waals surface area contributed by atoms with Gasteiger partial charge in [0.2, 0.25) is 10.0 Å². The smallest absolute Gasteiger partial charge is 0.236 e. The van der Waals surface area contributed by atoms with Gasteiger partial charge in [-0.1, -0.05) is 18.2 Å². The normalized spacial score (nSPS) is 15.6. The van der Waals surface area contributed by atoms with Gasteiger partial charge in [0.1, 0.15) is 0 Å². The van der Waals surface area contributed by atoms with E-state index in [0.717, 1.165) is 5.69 Å². The maximum atomic E-state index is 12.3. The molecule has 1 fully saturated rings. The first kappa shape index (κ1) is 13.4. The Kier molecular flexibility index (Phi) is 4.24. The Bertz CT molecular complexity index is 469. The number of para-hydroxylation sites is 1. The molecule has 0 aromatic heterocycles. The van der Waals surface area contributed by atoms with Crippen LogP contribution in [0.4, 0.5) is 5.69 Å². The zero-order valence-corrected chi connectivity index (χ0v) is 11.5. The fraction of sp³-hybridized carbons (Fsp3) is 0.538. The summed E-state index contributed by atoms with van der Waals surface area (Å²) in [6, 6.07) is 9.81. The molecular weight excluding hydrogens is 248 g/mol. The summed E-state index contributed by atoms with van der Waals surface area (Å²) < 4.78 is 26.0. The van der Waals surface area contributed by atoms with E-state index in [1.165, 1.54) is 17.1 Å². The summed E-state index contributed by atoms with van der Waals surface area (Å²) in [5, 5.41) is 3.24. The van der Waals surface area contributed by atoms with Gasteiger partial charge < -0.3 is 5.32 Å². The third kappa shape index (κ3) is 3.46. The molecule has 1 aromatic rings. The average molecular weight is 268 g/mol. The molecule has 0 aliphatic heterocycles. The molecule has 18 heavy (non-hydrogen) atoms. The van der Waals surface area contributed by atoms with Crippen molar-refractivity contribution < 1.29 is 8.42 Å². The van der Waals surface area contributed by atoms with E-state index in [1.54, 1.807) is 0 Å². The molecular formula is C13H20N2O2S. The van der Waals surface area contributed by atoms with E-state index in [0.29, 0.717) is 19.1 Å². The number of nitrogens with zero attached hydrogens (tertiary/aromatic N) is 1. The molecule has 0 spiro atoms. The predicted octanol–water partition coefficient (Wildman–Crippen LogP) is 1.59. The van der Waals surface area contributed by atoms with Gasteiger partial charge >= 0.3 is 0 Å². The van der Waals surface area contributed by atoms with E-state index >= 15 is 0 Å². The summed E-state index contributed by atoms with van der Waals surface area (Å²) in [7, 11) is -3.22. The third-order valence-corrected chi connectivity index (χ3v) is 4.90. The summed E-state index contributed by atoms with van der Waals surface area (Å²) in [6.07, 6.45) is 2.35. The molecule has 1 aliphatic carbocycles. The van der Waals surface area contributed by atoms with Crippen LogP contribution in [0.3, 0.4) is 0 Å². The predicted molar refractivity (Wildman–Crippen MR) is 74.3 cm³/mol. The minimum absolute atomic E-state index is 0.159. The van der Waals surface area contributed by atoms with Crippen LogP contribution in [0.1, 0.15) is 19.8 Å². The van der Waals surface area contributed by atoms with Crippen molar-refractivity contribution in [3.05, 3.63) is 30.3 Å². The molecule has 1 N–H and O–H groups in total. The van der Waals surface area contributed by atoms with Gasteiger partial charge in [0, 0.05) is 19.1 Å². The molecule has 0 atom stereocenters. The third-order valence-electron chi connectivity index (χ3n) is 3.04. The second kappa shape index (κ2) is 5.71. The highest BCUT2D eigenvalue weighted by molar-refractivity contribution is 7.92. The van der Waals surface area contributed by atoms with Gasteiger partial charge in [-0.2, -0.15) is 0 Å². The van der Waals surface area contributed by atoms with Crippen LogP contribution < -0.4 is 9.62 Å². The van der Waals surface area contributed by atoms with E-state index in [4.69, 9.17) is 0 Å². The van der Waals surface area contributed by atoms with E-state index < -0.39 is 10.0 Å². The number of anilines is 1. The summed E-state index contributed by atoms with van der Waals surface area (Å²) in [6.45, 7) is 2.87. The SMILES string of the molecule is CCN(c1ccccc1)S(=O)(=O)CCNC1CC1. The lowest BCUT2D eigenvalue weighted by Gasteiger charge is -2.22. The van der Waals surface area contributed by atoms with E-state index in [-0.39, 0.29) is 5.75 Å². The van der Waals surface area contributed by atoms with Crippen molar-refractivity contribution >= 4 is 15.7 Å². The topological polar surface area (TPSA) is 49.4 Å². The molecule has 1 saturated carbocycles. The van der Waals surface area contributed by atoms with Gasteiger partial charge in [0.15, 0.2) is 0 Å². The Hall–Kier alpha value is -1.07. The Morgan fingerprint density at radius 1 is 1.28 bits per heavy atom. The summed E-state index contributed by atoms with van der Waals surface area (Å²) >= 11 is 0. The van der Waals surface area contributed by atoms with Crippen molar-refractivity contribution in [2.75, 3.05) is 23.1 Å². The number of benzene rings is 1. The second-order valence-electron chi connectivity index (χ2n) is 4.54. The van der Waals surface area contributed by atoms with Crippen LogP contribution in [0.25, 0.3) is 0 Å². The standard InChI is InChI=1S/C13H20N2O2S/c1-2-15(13-6-4-3-5-7-13)18(16,17)11-10-14-12-8-9-12/h3-7,12,14H,2,8-11H2,1H3. The van der Waals surface area contributed by atoms with Crippen LogP contribution in [0.5, 0.6) is 0 Å². The molecule has 0 radical (unpaired) electrons. The number of rotatable bonds is 7. The van der Waals surface area contributed by atoms with Crippen molar-refractivity contribution in [1.82, 2.24) is 5.32 Å². The zero-order chi connectivity index (χ0) is 13.0. The van der Waals surface area contributed by atoms with E-state index in [9.17, 15) is 8.42 Å². The molecule has 100 valence electrons. The minimum Gasteiger partial charge on any atom is -0.313 e. The maximum Gasteiger partial charge on any atom is 0.236 e. The van der Waals surface area contributed by atoms with Crippen LogP contribution in [-0.2, 0) is 10.0 Å². The van der Waals surface area contributed by atoms with E-state index in [1.807, 2.05) is 37.3 Å². The molecule has 5 heteroatoms. The van der Waals surface area contributed by atoms with Crippen molar-refractivity contribution in [3.63, 3.8) is 0 Å². The van der Waals surface area contributed by atoms with Gasteiger partial charge in [0.25, 0.3) is 0 Å². The average Bonchev–Trinajstić information content (AvgIpc) is 3.15. The van der Waals surface area contributed by atoms with Crippen LogP contribution in [-0.4, -0.2) is 33.3 Å². The molecule has 0 bridgehead atoms. The number of hydrogen-bond acceptors (Lipinski definition) is 3. The summed E-state index contributed by atoms with van der Waals surface area (Å²) in [5.74, 6) is 0.159. The lowest BCUT2D eigenvalue weighted by atomic mass is 10.3. The number of sulfonamides is 1. The van der Waals surface area contributed by atoms with Gasteiger partial charge in [0.05, 0.1) is 11.4 Å². The highest BCUT2D eigenvalue weighted by atomic mass is 32.2. The summed E-state index contributed by atoms with van der Waals surface area (Å²) in [5.41, 5.74) is 0.742. The first-order valence-corrected chi connectivity index (χ1v) is 8.03. The number of nitrogens with one attached hydrogen (secondary N) is 1. The van der Waals surface area contributed by atoms with Crippen LogP contribution in [0, 0.1) is 0 Å². The van der Waals surface area contributed by atoms with Crippen molar-refractivity contribution in [3.8, 4) is 0 Å². The van der Waals surface area contributed by atoms with Crippen molar-refractivity contribution in [2.24, 2.45) is 0 Å². The molecule has 0 unspecified atom stereocenters. The quantitative estimate of drug-likeness (QED) is 0.817. The molecule has 2 rings (SSSR count). The fourth-order valence-corrected chi connectivity index (χ4v) is 3.36. The van der Waals surface area contributed by atoms with E-state index in [2.05, 4.69) is 5.32 Å².